The highest BCUT2D eigenvalue weighted by Crippen LogP contribution is 2.27. The molecular weight excluding hydrogens is 429 g/mol. The molecular formula is C23H23BF2N4O3. The Bertz CT molecular complexity index is 1200. The predicted octanol–water partition coefficient (Wildman–Crippen LogP) is 4.24. The number of aliphatic imine (C=N–C) groups is 1. The van der Waals surface area contributed by atoms with E-state index in [9.17, 15) is 13.4 Å². The molecule has 0 saturated heterocycles. The lowest BCUT2D eigenvalue weighted by molar-refractivity contribution is -0.334. The van der Waals surface area contributed by atoms with Gasteiger partial charge in [-0.15, -0.1) is 0 Å². The Morgan fingerprint density at radius 2 is 1.39 bits per heavy atom. The van der Waals surface area contributed by atoms with E-state index in [2.05, 4.69) is 9.65 Å². The Balaban J connectivity index is 1.70. The normalized spacial score (nSPS) is 18.2. The van der Waals surface area contributed by atoms with Crippen molar-refractivity contribution in [2.75, 3.05) is 38.0 Å². The summed E-state index contributed by atoms with van der Waals surface area (Å²) >= 11 is 0. The van der Waals surface area contributed by atoms with Crippen molar-refractivity contribution < 1.29 is 27.3 Å². The number of rotatable bonds is 5. The third-order valence-corrected chi connectivity index (χ3v) is 5.10. The maximum atomic E-state index is 13.9. The van der Waals surface area contributed by atoms with Crippen LogP contribution in [-0.4, -0.2) is 57.7 Å². The number of carbonyl (C=O) groups excluding carboxylic acids is 1. The molecule has 0 saturated carbocycles. The van der Waals surface area contributed by atoms with Crippen LogP contribution in [0.2, 0.25) is 0 Å². The summed E-state index contributed by atoms with van der Waals surface area (Å²) in [6, 6.07) is 15.1. The summed E-state index contributed by atoms with van der Waals surface area (Å²) in [5, 5.41) is 0. The second-order valence-electron chi connectivity index (χ2n) is 7.98. The fourth-order valence-electron chi connectivity index (χ4n) is 3.34. The lowest BCUT2D eigenvalue weighted by atomic mass is 10.1. The minimum atomic E-state index is -4.78. The van der Waals surface area contributed by atoms with Crippen LogP contribution in [0.3, 0.4) is 0 Å². The van der Waals surface area contributed by atoms with Crippen molar-refractivity contribution >= 4 is 48.5 Å². The number of amides is 1. The molecule has 2 aromatic carbocycles. The van der Waals surface area contributed by atoms with E-state index >= 15 is 0 Å². The summed E-state index contributed by atoms with van der Waals surface area (Å²) < 4.78 is 37.6. The van der Waals surface area contributed by atoms with E-state index in [0.717, 1.165) is 27.1 Å². The molecule has 0 aliphatic carbocycles. The maximum Gasteiger partial charge on any atom is 0.732 e. The molecule has 2 aliphatic rings. The van der Waals surface area contributed by atoms with E-state index < -0.39 is 13.2 Å². The molecule has 1 amide bonds. The van der Waals surface area contributed by atoms with Gasteiger partial charge >= 0.3 is 24.9 Å². The molecule has 0 aromatic heterocycles. The van der Waals surface area contributed by atoms with E-state index in [-0.39, 0.29) is 17.4 Å². The molecule has 0 fully saturated rings. The minimum Gasteiger partial charge on any atom is -0.594 e. The number of amidine groups is 1. The summed E-state index contributed by atoms with van der Waals surface area (Å²) in [5.74, 6) is -0.232. The number of anilines is 2. The molecule has 0 radical (unpaired) electrons. The number of hydrogen-bond donors (Lipinski definition) is 0. The molecule has 0 spiro atoms. The van der Waals surface area contributed by atoms with Gasteiger partial charge in [-0.3, -0.25) is 0 Å². The lowest BCUT2D eigenvalue weighted by Crippen LogP contribution is -2.48. The van der Waals surface area contributed by atoms with Crippen molar-refractivity contribution in [1.29, 1.82) is 0 Å². The van der Waals surface area contributed by atoms with Crippen molar-refractivity contribution in [3.8, 4) is 0 Å². The van der Waals surface area contributed by atoms with Gasteiger partial charge in [-0.2, -0.15) is 0 Å². The molecule has 0 bridgehead atoms. The summed E-state index contributed by atoms with van der Waals surface area (Å²) in [6.07, 6.45) is 3.63. The van der Waals surface area contributed by atoms with Gasteiger partial charge in [-0.1, -0.05) is 28.8 Å². The van der Waals surface area contributed by atoms with Gasteiger partial charge in [0, 0.05) is 51.7 Å². The second-order valence-corrected chi connectivity index (χ2v) is 7.98. The molecule has 33 heavy (non-hydrogen) atoms. The van der Waals surface area contributed by atoms with Crippen molar-refractivity contribution in [3.63, 3.8) is 0 Å². The molecule has 2 aromatic rings. The van der Waals surface area contributed by atoms with Crippen LogP contribution in [0, 0.1) is 0 Å². The Morgan fingerprint density at radius 3 is 1.94 bits per heavy atom. The van der Waals surface area contributed by atoms with Crippen molar-refractivity contribution in [3.05, 3.63) is 71.4 Å². The van der Waals surface area contributed by atoms with E-state index in [4.69, 9.17) is 4.65 Å². The molecule has 0 N–H and O–H groups in total. The summed E-state index contributed by atoms with van der Waals surface area (Å²) in [7, 11) is 2.94. The zero-order valence-corrected chi connectivity index (χ0v) is 18.7. The molecule has 170 valence electrons. The highest BCUT2D eigenvalue weighted by Gasteiger charge is 2.51. The second kappa shape index (κ2) is 8.53. The monoisotopic (exact) mass is 452 g/mol. The third-order valence-electron chi connectivity index (χ3n) is 5.10. The zero-order valence-electron chi connectivity index (χ0n) is 18.7. The fourth-order valence-corrected chi connectivity index (χ4v) is 3.34. The highest BCUT2D eigenvalue weighted by atomic mass is 19.3. The third kappa shape index (κ3) is 4.79. The SMILES string of the molecule is CN(C)c1ccc(/C=C2N=C(/C=C/c3ccc(N(C)C)cc3)[N+]3=C\2O[B-](F)(F)OC3=O)cc1. The average molecular weight is 452 g/mol. The van der Waals surface area contributed by atoms with E-state index in [1.165, 1.54) is 0 Å². The van der Waals surface area contributed by atoms with Crippen LogP contribution >= 0.6 is 0 Å². The average Bonchev–Trinajstić information content (AvgIpc) is 3.09. The molecule has 2 heterocycles. The Hall–Kier alpha value is -3.95. The van der Waals surface area contributed by atoms with Gasteiger partial charge in [0.05, 0.1) is 0 Å². The van der Waals surface area contributed by atoms with Crippen LogP contribution in [-0.2, 0) is 9.31 Å². The number of nitrogens with zero attached hydrogens (tertiary/aromatic N) is 4. The van der Waals surface area contributed by atoms with E-state index in [0.29, 0.717) is 0 Å². The predicted molar refractivity (Wildman–Crippen MR) is 127 cm³/mol. The minimum absolute atomic E-state index is 0.105. The number of benzene rings is 2. The van der Waals surface area contributed by atoms with Gasteiger partial charge in [0.25, 0.3) is 5.70 Å². The molecule has 4 rings (SSSR count). The van der Waals surface area contributed by atoms with Gasteiger partial charge in [-0.05, 0) is 46.5 Å². The Labute approximate surface area is 190 Å². The number of hydrogen-bond acceptors (Lipinski definition) is 6. The standard InChI is InChI=1S/C23H23BF2N4O3/c1-28(2)18-10-5-16(6-11-18)9-14-21-27-20(15-17-7-12-19(13-8-17)29(3)4)22-30(21)23(31)33-24(25,26)32-22/h5-15H,1-4H3/b14-9+. The quantitative estimate of drug-likeness (QED) is 0.502. The molecule has 0 atom stereocenters. The lowest BCUT2D eigenvalue weighted by Gasteiger charge is -2.28. The van der Waals surface area contributed by atoms with Gasteiger partial charge in [-0.25, -0.2) is 4.79 Å². The fraction of sp³-hybridized carbons (Fsp3) is 0.174. The van der Waals surface area contributed by atoms with Crippen molar-refractivity contribution in [2.24, 2.45) is 4.99 Å². The topological polar surface area (TPSA) is 57.4 Å². The van der Waals surface area contributed by atoms with Gasteiger partial charge in [0.1, 0.15) is 0 Å². The van der Waals surface area contributed by atoms with Gasteiger partial charge in [0.15, 0.2) is 0 Å². The maximum absolute atomic E-state index is 13.9. The summed E-state index contributed by atoms with van der Waals surface area (Å²) in [4.78, 5) is 20.6. The van der Waals surface area contributed by atoms with Crippen LogP contribution < -0.4 is 9.80 Å². The molecule has 0 unspecified atom stereocenters. The van der Waals surface area contributed by atoms with Gasteiger partial charge in [0.2, 0.25) is 0 Å². The Morgan fingerprint density at radius 1 is 0.848 bits per heavy atom. The number of carbonyl (C=O) groups is 1. The van der Waals surface area contributed by atoms with E-state index in [1.807, 2.05) is 86.5 Å². The molecule has 10 heteroatoms. The first-order valence-corrected chi connectivity index (χ1v) is 10.3. The van der Waals surface area contributed by atoms with Gasteiger partial charge < -0.3 is 27.7 Å². The molecule has 7 nitrogen and oxygen atoms in total. The first kappa shape index (κ1) is 22.3. The van der Waals surface area contributed by atoms with Crippen LogP contribution in [0.15, 0.2) is 65.3 Å². The number of halogens is 2. The molecule has 2 aliphatic heterocycles. The summed E-state index contributed by atoms with van der Waals surface area (Å²) in [5.41, 5.74) is 3.69. The smallest absolute Gasteiger partial charge is 0.594 e. The van der Waals surface area contributed by atoms with Crippen LogP contribution in [0.1, 0.15) is 11.1 Å². The zero-order chi connectivity index (χ0) is 23.8. The van der Waals surface area contributed by atoms with E-state index in [1.54, 1.807) is 18.2 Å². The van der Waals surface area contributed by atoms with Crippen molar-refractivity contribution in [2.45, 2.75) is 0 Å². The first-order valence-electron chi connectivity index (χ1n) is 10.3. The summed E-state index contributed by atoms with van der Waals surface area (Å²) in [6.45, 7) is 0. The van der Waals surface area contributed by atoms with Crippen LogP contribution in [0.25, 0.3) is 12.2 Å². The largest absolute Gasteiger partial charge is 0.732 e. The highest BCUT2D eigenvalue weighted by molar-refractivity contribution is 6.57. The van der Waals surface area contributed by atoms with Crippen molar-refractivity contribution in [1.82, 2.24) is 0 Å². The van der Waals surface area contributed by atoms with Crippen LogP contribution in [0.4, 0.5) is 24.8 Å². The van der Waals surface area contributed by atoms with Crippen LogP contribution in [0.5, 0.6) is 0 Å². The Kier molecular flexibility index (Phi) is 5.76. The first-order chi connectivity index (χ1) is 15.6.